The summed E-state index contributed by atoms with van der Waals surface area (Å²) in [6.07, 6.45) is 1.84. The SMILES string of the molecule is CC(C)(C)c1ccc(NC(=S)N2CCN(c3ccccn3)CC2)cc1. The van der Waals surface area contributed by atoms with Crippen molar-refractivity contribution in [2.24, 2.45) is 0 Å². The van der Waals surface area contributed by atoms with Crippen molar-refractivity contribution in [3.05, 3.63) is 54.2 Å². The first-order chi connectivity index (χ1) is 11.9. The lowest BCUT2D eigenvalue weighted by molar-refractivity contribution is 0.389. The molecule has 0 bridgehead atoms. The molecule has 1 aromatic carbocycles. The van der Waals surface area contributed by atoms with E-state index in [2.05, 4.69) is 71.2 Å². The highest BCUT2D eigenvalue weighted by atomic mass is 32.1. The first-order valence-electron chi connectivity index (χ1n) is 8.76. The highest BCUT2D eigenvalue weighted by molar-refractivity contribution is 7.80. The average Bonchev–Trinajstić information content (AvgIpc) is 2.62. The summed E-state index contributed by atoms with van der Waals surface area (Å²) in [4.78, 5) is 8.96. The van der Waals surface area contributed by atoms with Gasteiger partial charge in [-0.3, -0.25) is 0 Å². The number of nitrogens with zero attached hydrogens (tertiary/aromatic N) is 3. The molecular weight excluding hydrogens is 328 g/mol. The van der Waals surface area contributed by atoms with Crippen LogP contribution in [0.5, 0.6) is 0 Å². The van der Waals surface area contributed by atoms with Crippen LogP contribution in [0, 0.1) is 0 Å². The molecule has 0 atom stereocenters. The maximum absolute atomic E-state index is 5.60. The zero-order valence-corrected chi connectivity index (χ0v) is 16.0. The molecule has 3 rings (SSSR count). The molecule has 1 aliphatic rings. The number of hydrogen-bond acceptors (Lipinski definition) is 3. The third-order valence-corrected chi connectivity index (χ3v) is 4.90. The van der Waals surface area contributed by atoms with E-state index < -0.39 is 0 Å². The van der Waals surface area contributed by atoms with Gasteiger partial charge in [0.05, 0.1) is 0 Å². The number of piperazine rings is 1. The maximum Gasteiger partial charge on any atom is 0.173 e. The van der Waals surface area contributed by atoms with E-state index in [9.17, 15) is 0 Å². The van der Waals surface area contributed by atoms with E-state index in [1.54, 1.807) is 0 Å². The molecule has 1 aromatic heterocycles. The Morgan fingerprint density at radius 2 is 1.68 bits per heavy atom. The standard InChI is InChI=1S/C20H26N4S/c1-20(2,3)16-7-9-17(10-8-16)22-19(25)24-14-12-23(13-15-24)18-6-4-5-11-21-18/h4-11H,12-15H2,1-3H3,(H,22,25). The van der Waals surface area contributed by atoms with Gasteiger partial charge in [0.25, 0.3) is 0 Å². The predicted molar refractivity (Wildman–Crippen MR) is 109 cm³/mol. The Labute approximate surface area is 155 Å². The van der Waals surface area contributed by atoms with Crippen molar-refractivity contribution in [3.63, 3.8) is 0 Å². The van der Waals surface area contributed by atoms with E-state index in [-0.39, 0.29) is 5.41 Å². The molecule has 0 spiro atoms. The van der Waals surface area contributed by atoms with Gasteiger partial charge in [-0.15, -0.1) is 0 Å². The van der Waals surface area contributed by atoms with Crippen LogP contribution in [0.25, 0.3) is 0 Å². The molecule has 132 valence electrons. The van der Waals surface area contributed by atoms with E-state index in [1.165, 1.54) is 5.56 Å². The van der Waals surface area contributed by atoms with Crippen LogP contribution >= 0.6 is 12.2 Å². The fraction of sp³-hybridized carbons (Fsp3) is 0.400. The summed E-state index contributed by atoms with van der Waals surface area (Å²) in [6, 6.07) is 14.6. The third kappa shape index (κ3) is 4.48. The van der Waals surface area contributed by atoms with Crippen molar-refractivity contribution in [2.45, 2.75) is 26.2 Å². The second-order valence-electron chi connectivity index (χ2n) is 7.42. The first kappa shape index (κ1) is 17.7. The molecule has 2 heterocycles. The van der Waals surface area contributed by atoms with E-state index in [0.717, 1.165) is 42.8 Å². The van der Waals surface area contributed by atoms with E-state index in [0.29, 0.717) is 0 Å². The number of pyridine rings is 1. The third-order valence-electron chi connectivity index (χ3n) is 4.54. The number of thiocarbonyl (C=S) groups is 1. The van der Waals surface area contributed by atoms with E-state index in [4.69, 9.17) is 12.2 Å². The molecule has 0 amide bonds. The van der Waals surface area contributed by atoms with Crippen molar-refractivity contribution < 1.29 is 0 Å². The molecule has 1 saturated heterocycles. The van der Waals surface area contributed by atoms with Gasteiger partial charge in [0.2, 0.25) is 0 Å². The van der Waals surface area contributed by atoms with Crippen molar-refractivity contribution in [2.75, 3.05) is 36.4 Å². The Hall–Kier alpha value is -2.14. The van der Waals surface area contributed by atoms with Crippen LogP contribution in [0.2, 0.25) is 0 Å². The fourth-order valence-electron chi connectivity index (χ4n) is 2.94. The second-order valence-corrected chi connectivity index (χ2v) is 7.81. The Kier molecular flexibility index (Phi) is 5.23. The summed E-state index contributed by atoms with van der Waals surface area (Å²) in [5.74, 6) is 1.04. The van der Waals surface area contributed by atoms with Crippen LogP contribution in [0.3, 0.4) is 0 Å². The molecule has 0 radical (unpaired) electrons. The largest absolute Gasteiger partial charge is 0.353 e. The minimum Gasteiger partial charge on any atom is -0.353 e. The number of rotatable bonds is 2. The highest BCUT2D eigenvalue weighted by Crippen LogP contribution is 2.23. The van der Waals surface area contributed by atoms with Gasteiger partial charge in [0.15, 0.2) is 5.11 Å². The van der Waals surface area contributed by atoms with Gasteiger partial charge >= 0.3 is 0 Å². The van der Waals surface area contributed by atoms with Crippen molar-refractivity contribution in [3.8, 4) is 0 Å². The Morgan fingerprint density at radius 3 is 2.24 bits per heavy atom. The molecule has 1 N–H and O–H groups in total. The van der Waals surface area contributed by atoms with Gasteiger partial charge < -0.3 is 15.1 Å². The number of benzene rings is 1. The molecule has 25 heavy (non-hydrogen) atoms. The van der Waals surface area contributed by atoms with Crippen LogP contribution in [0.15, 0.2) is 48.7 Å². The Balaban J connectivity index is 1.54. The number of anilines is 2. The summed E-state index contributed by atoms with van der Waals surface area (Å²) in [5, 5.41) is 4.16. The number of hydrogen-bond donors (Lipinski definition) is 1. The molecule has 0 unspecified atom stereocenters. The maximum atomic E-state index is 5.60. The normalized spacial score (nSPS) is 15.2. The minimum atomic E-state index is 0.168. The van der Waals surface area contributed by atoms with Gasteiger partial charge in [-0.2, -0.15) is 0 Å². The monoisotopic (exact) mass is 354 g/mol. The molecular formula is C20H26N4S. The van der Waals surface area contributed by atoms with Crippen molar-refractivity contribution in [1.82, 2.24) is 9.88 Å². The fourth-order valence-corrected chi connectivity index (χ4v) is 3.24. The molecule has 0 aliphatic carbocycles. The van der Waals surface area contributed by atoms with Gasteiger partial charge in [0.1, 0.15) is 5.82 Å². The second kappa shape index (κ2) is 7.40. The minimum absolute atomic E-state index is 0.168. The Morgan fingerprint density at radius 1 is 1.00 bits per heavy atom. The quantitative estimate of drug-likeness (QED) is 0.827. The summed E-state index contributed by atoms with van der Waals surface area (Å²) in [5.41, 5.74) is 2.54. The van der Waals surface area contributed by atoms with E-state index in [1.807, 2.05) is 18.3 Å². The van der Waals surface area contributed by atoms with Gasteiger partial charge in [-0.25, -0.2) is 4.98 Å². The lowest BCUT2D eigenvalue weighted by atomic mass is 9.87. The topological polar surface area (TPSA) is 31.4 Å². The van der Waals surface area contributed by atoms with Gasteiger partial charge in [-0.05, 0) is 47.5 Å². The summed E-state index contributed by atoms with van der Waals surface area (Å²) in [6.45, 7) is 10.3. The lowest BCUT2D eigenvalue weighted by Gasteiger charge is -2.36. The average molecular weight is 355 g/mol. The van der Waals surface area contributed by atoms with Crippen LogP contribution in [-0.2, 0) is 5.41 Å². The molecule has 0 saturated carbocycles. The van der Waals surface area contributed by atoms with E-state index >= 15 is 0 Å². The predicted octanol–water partition coefficient (Wildman–Crippen LogP) is 3.90. The molecule has 2 aromatic rings. The molecule has 4 nitrogen and oxygen atoms in total. The van der Waals surface area contributed by atoms with Crippen molar-refractivity contribution >= 4 is 28.8 Å². The summed E-state index contributed by atoms with van der Waals surface area (Å²) >= 11 is 5.60. The van der Waals surface area contributed by atoms with Gasteiger partial charge in [-0.1, -0.05) is 39.0 Å². The zero-order chi connectivity index (χ0) is 17.9. The number of nitrogens with one attached hydrogen (secondary N) is 1. The lowest BCUT2D eigenvalue weighted by Crippen LogP contribution is -2.50. The molecule has 5 heteroatoms. The first-order valence-corrected chi connectivity index (χ1v) is 9.17. The zero-order valence-electron chi connectivity index (χ0n) is 15.2. The molecule has 1 aliphatic heterocycles. The van der Waals surface area contributed by atoms with Crippen LogP contribution < -0.4 is 10.2 Å². The smallest absolute Gasteiger partial charge is 0.173 e. The van der Waals surface area contributed by atoms with Gasteiger partial charge in [0, 0.05) is 38.1 Å². The van der Waals surface area contributed by atoms with Crippen LogP contribution in [0.1, 0.15) is 26.3 Å². The van der Waals surface area contributed by atoms with Crippen LogP contribution in [-0.4, -0.2) is 41.2 Å². The number of aromatic nitrogens is 1. The summed E-state index contributed by atoms with van der Waals surface area (Å²) in [7, 11) is 0. The van der Waals surface area contributed by atoms with Crippen LogP contribution in [0.4, 0.5) is 11.5 Å². The summed E-state index contributed by atoms with van der Waals surface area (Å²) < 4.78 is 0. The highest BCUT2D eigenvalue weighted by Gasteiger charge is 2.20. The Bertz CT molecular complexity index is 699. The molecule has 1 fully saturated rings. The van der Waals surface area contributed by atoms with Crippen molar-refractivity contribution in [1.29, 1.82) is 0 Å².